The molecular formula is C19H23N4OS+. The zero-order valence-corrected chi connectivity index (χ0v) is 15.6. The molecule has 0 aliphatic carbocycles. The topological polar surface area (TPSA) is 52.1 Å². The highest BCUT2D eigenvalue weighted by molar-refractivity contribution is 7.21. The van der Waals surface area contributed by atoms with Crippen molar-refractivity contribution in [3.63, 3.8) is 0 Å². The number of nitrogens with zero attached hydrogens (tertiary/aromatic N) is 4. The summed E-state index contributed by atoms with van der Waals surface area (Å²) in [5.74, 6) is 0. The van der Waals surface area contributed by atoms with Gasteiger partial charge in [-0.15, -0.1) is 0 Å². The SMILES string of the molecule is CCN(CC)c1ccc(N=Nc2sc3cc(CO)ccc3[n+]2C)cc1. The summed E-state index contributed by atoms with van der Waals surface area (Å²) < 4.78 is 3.12. The third kappa shape index (κ3) is 3.70. The highest BCUT2D eigenvalue weighted by Gasteiger charge is 2.16. The Bertz CT molecular complexity index is 882. The van der Waals surface area contributed by atoms with Gasteiger partial charge >= 0.3 is 5.13 Å². The average molecular weight is 355 g/mol. The zero-order chi connectivity index (χ0) is 17.8. The number of fused-ring (bicyclic) bond motifs is 1. The second kappa shape index (κ2) is 7.72. The molecule has 25 heavy (non-hydrogen) atoms. The summed E-state index contributed by atoms with van der Waals surface area (Å²) in [7, 11) is 1.98. The first kappa shape index (κ1) is 17.5. The van der Waals surface area contributed by atoms with E-state index in [1.807, 2.05) is 41.9 Å². The van der Waals surface area contributed by atoms with E-state index in [9.17, 15) is 5.11 Å². The summed E-state index contributed by atoms with van der Waals surface area (Å²) in [5, 5.41) is 18.9. The van der Waals surface area contributed by atoms with Gasteiger partial charge in [0.2, 0.25) is 0 Å². The van der Waals surface area contributed by atoms with Gasteiger partial charge in [-0.05, 0) is 72.3 Å². The summed E-state index contributed by atoms with van der Waals surface area (Å²) in [4.78, 5) is 2.30. The minimum Gasteiger partial charge on any atom is -0.392 e. The van der Waals surface area contributed by atoms with E-state index >= 15 is 0 Å². The van der Waals surface area contributed by atoms with Gasteiger partial charge in [0, 0.05) is 18.8 Å². The first-order valence-electron chi connectivity index (χ1n) is 8.45. The van der Waals surface area contributed by atoms with Crippen LogP contribution in [0.3, 0.4) is 0 Å². The normalized spacial score (nSPS) is 11.5. The molecular weight excluding hydrogens is 332 g/mol. The third-order valence-electron chi connectivity index (χ3n) is 4.29. The summed E-state index contributed by atoms with van der Waals surface area (Å²) in [6.07, 6.45) is 0. The maximum atomic E-state index is 9.27. The van der Waals surface area contributed by atoms with Crippen molar-refractivity contribution in [3.8, 4) is 0 Å². The number of anilines is 1. The fourth-order valence-corrected chi connectivity index (χ4v) is 3.83. The van der Waals surface area contributed by atoms with Crippen LogP contribution in [0, 0.1) is 0 Å². The molecule has 1 aromatic heterocycles. The standard InChI is InChI=1S/C19H23N4OS/c1-4-23(5-2)16-9-7-15(8-10-16)20-21-19-22(3)17-11-6-14(13-24)12-18(17)25-19/h6-12,24H,4-5,13H2,1-3H3/q+1. The van der Waals surface area contributed by atoms with Crippen molar-refractivity contribution >= 4 is 38.1 Å². The molecule has 0 saturated carbocycles. The Kier molecular flexibility index (Phi) is 5.40. The van der Waals surface area contributed by atoms with Crippen LogP contribution in [0.2, 0.25) is 0 Å². The van der Waals surface area contributed by atoms with Crippen LogP contribution in [0.1, 0.15) is 19.4 Å². The maximum Gasteiger partial charge on any atom is 0.409 e. The highest BCUT2D eigenvalue weighted by Crippen LogP contribution is 2.28. The van der Waals surface area contributed by atoms with Crippen molar-refractivity contribution in [2.45, 2.75) is 20.5 Å². The minimum atomic E-state index is 0.0489. The molecule has 0 amide bonds. The van der Waals surface area contributed by atoms with Crippen molar-refractivity contribution in [2.24, 2.45) is 17.3 Å². The summed E-state index contributed by atoms with van der Waals surface area (Å²) in [6.45, 7) is 6.34. The van der Waals surface area contributed by atoms with E-state index < -0.39 is 0 Å². The van der Waals surface area contributed by atoms with Crippen LogP contribution in [-0.2, 0) is 13.7 Å². The Morgan fingerprint density at radius 2 is 1.76 bits per heavy atom. The predicted octanol–water partition coefficient (Wildman–Crippen LogP) is 4.48. The van der Waals surface area contributed by atoms with Crippen LogP contribution in [0.15, 0.2) is 52.7 Å². The number of rotatable bonds is 6. The van der Waals surface area contributed by atoms with E-state index in [1.54, 1.807) is 11.3 Å². The molecule has 0 unspecified atom stereocenters. The molecule has 1 N–H and O–H groups in total. The lowest BCUT2D eigenvalue weighted by Gasteiger charge is -2.20. The Morgan fingerprint density at radius 1 is 1.04 bits per heavy atom. The summed E-state index contributed by atoms with van der Waals surface area (Å²) in [6, 6.07) is 14.1. The molecule has 0 aliphatic rings. The molecule has 3 aromatic rings. The third-order valence-corrected chi connectivity index (χ3v) is 5.37. The molecule has 0 aliphatic heterocycles. The Morgan fingerprint density at radius 3 is 2.40 bits per heavy atom. The van der Waals surface area contributed by atoms with Gasteiger partial charge in [-0.25, -0.2) is 4.57 Å². The minimum absolute atomic E-state index is 0.0489. The monoisotopic (exact) mass is 355 g/mol. The molecule has 0 spiro atoms. The predicted molar refractivity (Wildman–Crippen MR) is 103 cm³/mol. The van der Waals surface area contributed by atoms with Crippen LogP contribution >= 0.6 is 11.3 Å². The highest BCUT2D eigenvalue weighted by atomic mass is 32.1. The number of aromatic nitrogens is 1. The molecule has 1 heterocycles. The quantitative estimate of drug-likeness (QED) is 0.523. The molecule has 2 aromatic carbocycles. The molecule has 0 atom stereocenters. The molecule has 3 rings (SSSR count). The fraction of sp³-hybridized carbons (Fsp3) is 0.316. The van der Waals surface area contributed by atoms with Gasteiger partial charge in [0.05, 0.1) is 23.5 Å². The average Bonchev–Trinajstić information content (AvgIpc) is 2.97. The lowest BCUT2D eigenvalue weighted by atomic mass is 10.2. The van der Waals surface area contributed by atoms with E-state index in [2.05, 4.69) is 41.1 Å². The molecule has 0 radical (unpaired) electrons. The first-order valence-corrected chi connectivity index (χ1v) is 9.27. The van der Waals surface area contributed by atoms with Crippen LogP contribution < -0.4 is 9.47 Å². The number of aliphatic hydroxyl groups excluding tert-OH is 1. The summed E-state index contributed by atoms with van der Waals surface area (Å²) >= 11 is 1.57. The number of hydrogen-bond acceptors (Lipinski definition) is 5. The number of azo groups is 1. The molecule has 5 nitrogen and oxygen atoms in total. The number of aliphatic hydroxyl groups is 1. The summed E-state index contributed by atoms with van der Waals surface area (Å²) in [5.41, 5.74) is 4.04. The number of benzene rings is 2. The fourth-order valence-electron chi connectivity index (χ4n) is 2.79. The van der Waals surface area contributed by atoms with E-state index in [4.69, 9.17) is 0 Å². The van der Waals surface area contributed by atoms with Gasteiger partial charge in [0.15, 0.2) is 0 Å². The van der Waals surface area contributed by atoms with Crippen molar-refractivity contribution < 1.29 is 9.67 Å². The number of hydrogen-bond donors (Lipinski definition) is 1. The van der Waals surface area contributed by atoms with E-state index in [1.165, 1.54) is 5.69 Å². The van der Waals surface area contributed by atoms with Gasteiger partial charge < -0.3 is 10.0 Å². The smallest absolute Gasteiger partial charge is 0.392 e. The number of aryl methyl sites for hydroxylation is 1. The lowest BCUT2D eigenvalue weighted by Crippen LogP contribution is -2.25. The van der Waals surface area contributed by atoms with Crippen molar-refractivity contribution in [1.82, 2.24) is 0 Å². The van der Waals surface area contributed by atoms with Crippen molar-refractivity contribution in [3.05, 3.63) is 48.0 Å². The van der Waals surface area contributed by atoms with Crippen molar-refractivity contribution in [1.29, 1.82) is 0 Å². The Hall–Kier alpha value is -2.31. The Labute approximate surface area is 151 Å². The first-order chi connectivity index (χ1) is 12.2. The van der Waals surface area contributed by atoms with Crippen LogP contribution in [0.5, 0.6) is 0 Å². The zero-order valence-electron chi connectivity index (χ0n) is 14.8. The van der Waals surface area contributed by atoms with Gasteiger partial charge in [-0.2, -0.15) is 0 Å². The second-order valence-corrected chi connectivity index (χ2v) is 6.80. The van der Waals surface area contributed by atoms with Crippen LogP contribution in [-0.4, -0.2) is 18.2 Å². The van der Waals surface area contributed by atoms with Crippen molar-refractivity contribution in [2.75, 3.05) is 18.0 Å². The second-order valence-electron chi connectivity index (χ2n) is 5.79. The molecule has 0 bridgehead atoms. The van der Waals surface area contributed by atoms with Crippen LogP contribution in [0.4, 0.5) is 16.5 Å². The molecule has 6 heteroatoms. The van der Waals surface area contributed by atoms with E-state index in [0.29, 0.717) is 0 Å². The van der Waals surface area contributed by atoms with Gasteiger partial charge in [0.1, 0.15) is 11.2 Å². The van der Waals surface area contributed by atoms with Crippen LogP contribution in [0.25, 0.3) is 10.2 Å². The molecule has 0 fully saturated rings. The molecule has 130 valence electrons. The maximum absolute atomic E-state index is 9.27. The Balaban J connectivity index is 1.84. The van der Waals surface area contributed by atoms with E-state index in [-0.39, 0.29) is 6.61 Å². The molecule has 0 saturated heterocycles. The lowest BCUT2D eigenvalue weighted by molar-refractivity contribution is -0.627. The van der Waals surface area contributed by atoms with Gasteiger partial charge in [0.25, 0.3) is 0 Å². The van der Waals surface area contributed by atoms with Gasteiger partial charge in [-0.1, -0.05) is 6.07 Å². The van der Waals surface area contributed by atoms with E-state index in [0.717, 1.165) is 39.7 Å². The number of thiazole rings is 1. The largest absolute Gasteiger partial charge is 0.409 e. The van der Waals surface area contributed by atoms with Gasteiger partial charge in [-0.3, -0.25) is 0 Å².